The van der Waals surface area contributed by atoms with Crippen LogP contribution in [0.1, 0.15) is 20.3 Å². The summed E-state index contributed by atoms with van der Waals surface area (Å²) >= 11 is 1.72. The lowest BCUT2D eigenvalue weighted by Crippen LogP contribution is -2.44. The number of rotatable bonds is 5. The van der Waals surface area contributed by atoms with Crippen LogP contribution in [0.3, 0.4) is 0 Å². The highest BCUT2D eigenvalue weighted by Crippen LogP contribution is 2.03. The van der Waals surface area contributed by atoms with Gasteiger partial charge in [0.05, 0.1) is 6.04 Å². The summed E-state index contributed by atoms with van der Waals surface area (Å²) in [5, 5.41) is 0. The van der Waals surface area contributed by atoms with Crippen molar-refractivity contribution < 1.29 is 4.79 Å². The highest BCUT2D eigenvalue weighted by atomic mass is 32.2. The van der Waals surface area contributed by atoms with Gasteiger partial charge in [-0.1, -0.05) is 0 Å². The minimum absolute atomic E-state index is 0.0454. The van der Waals surface area contributed by atoms with Gasteiger partial charge < -0.3 is 10.6 Å². The second-order valence-corrected chi connectivity index (χ2v) is 4.42. The van der Waals surface area contributed by atoms with Crippen LogP contribution in [-0.2, 0) is 4.79 Å². The first kappa shape index (κ1) is 12.8. The fraction of sp³-hybridized carbons (Fsp3) is 0.889. The van der Waals surface area contributed by atoms with Crippen LogP contribution in [0.2, 0.25) is 0 Å². The molecule has 1 amide bonds. The van der Waals surface area contributed by atoms with Gasteiger partial charge in [-0.25, -0.2) is 0 Å². The lowest BCUT2D eigenvalue weighted by molar-refractivity contribution is -0.132. The van der Waals surface area contributed by atoms with E-state index in [2.05, 4.69) is 0 Å². The fourth-order valence-corrected chi connectivity index (χ4v) is 1.37. The molecule has 0 fully saturated rings. The van der Waals surface area contributed by atoms with Crippen LogP contribution < -0.4 is 5.73 Å². The van der Waals surface area contributed by atoms with Gasteiger partial charge in [0, 0.05) is 13.1 Å². The van der Waals surface area contributed by atoms with E-state index in [1.54, 1.807) is 23.7 Å². The number of carbonyl (C=O) groups excluding carboxylic acids is 1. The first-order valence-corrected chi connectivity index (χ1v) is 5.91. The van der Waals surface area contributed by atoms with Crippen molar-refractivity contribution in [2.24, 2.45) is 5.73 Å². The molecule has 0 saturated carbocycles. The SMILES string of the molecule is CSCC[C@@H](N)C(=O)N(C)C(C)C. The Balaban J connectivity index is 3.94. The molecule has 0 aliphatic heterocycles. The van der Waals surface area contributed by atoms with Gasteiger partial charge in [0.2, 0.25) is 5.91 Å². The van der Waals surface area contributed by atoms with Crippen molar-refractivity contribution in [3.05, 3.63) is 0 Å². The summed E-state index contributed by atoms with van der Waals surface area (Å²) in [6, 6.07) is -0.104. The van der Waals surface area contributed by atoms with E-state index in [1.165, 1.54) is 0 Å². The van der Waals surface area contributed by atoms with Crippen molar-refractivity contribution in [2.45, 2.75) is 32.4 Å². The number of likely N-dealkylation sites (N-methyl/N-ethyl adjacent to an activating group) is 1. The second-order valence-electron chi connectivity index (χ2n) is 3.43. The first-order valence-electron chi connectivity index (χ1n) is 4.52. The van der Waals surface area contributed by atoms with E-state index in [-0.39, 0.29) is 18.0 Å². The predicted octanol–water partition coefficient (Wildman–Crippen LogP) is 0.934. The van der Waals surface area contributed by atoms with Crippen LogP contribution in [-0.4, -0.2) is 41.9 Å². The van der Waals surface area contributed by atoms with Crippen molar-refractivity contribution in [1.29, 1.82) is 0 Å². The third-order valence-corrected chi connectivity index (χ3v) is 2.72. The molecule has 78 valence electrons. The summed E-state index contributed by atoms with van der Waals surface area (Å²) in [6.45, 7) is 3.97. The Morgan fingerprint density at radius 1 is 1.54 bits per heavy atom. The van der Waals surface area contributed by atoms with Crippen LogP contribution in [0.5, 0.6) is 0 Å². The Morgan fingerprint density at radius 3 is 2.46 bits per heavy atom. The highest BCUT2D eigenvalue weighted by molar-refractivity contribution is 7.98. The standard InChI is InChI=1S/C9H20N2OS/c1-7(2)11(3)9(12)8(10)5-6-13-4/h7-8H,5-6,10H2,1-4H3/t8-/m1/s1. The minimum Gasteiger partial charge on any atom is -0.342 e. The summed E-state index contributed by atoms with van der Waals surface area (Å²) in [5.74, 6) is 0.989. The Morgan fingerprint density at radius 2 is 2.08 bits per heavy atom. The summed E-state index contributed by atoms with van der Waals surface area (Å²) in [7, 11) is 1.80. The molecule has 0 aliphatic rings. The van der Waals surface area contributed by atoms with Crippen LogP contribution in [0.25, 0.3) is 0 Å². The summed E-state index contributed by atoms with van der Waals surface area (Å²) in [6.07, 6.45) is 2.78. The van der Waals surface area contributed by atoms with Gasteiger partial charge in [-0.2, -0.15) is 11.8 Å². The van der Waals surface area contributed by atoms with E-state index in [4.69, 9.17) is 5.73 Å². The molecule has 0 spiro atoms. The van der Waals surface area contributed by atoms with Crippen molar-refractivity contribution in [2.75, 3.05) is 19.1 Å². The van der Waals surface area contributed by atoms with Crippen LogP contribution in [0.15, 0.2) is 0 Å². The van der Waals surface area contributed by atoms with Gasteiger partial charge in [-0.15, -0.1) is 0 Å². The average molecular weight is 204 g/mol. The predicted molar refractivity (Wildman–Crippen MR) is 58.9 cm³/mol. The smallest absolute Gasteiger partial charge is 0.239 e. The molecular formula is C9H20N2OS. The Kier molecular flexibility index (Phi) is 6.16. The maximum absolute atomic E-state index is 11.6. The molecule has 0 aromatic heterocycles. The Bertz CT molecular complexity index is 162. The number of hydrogen-bond acceptors (Lipinski definition) is 3. The zero-order valence-corrected chi connectivity index (χ0v) is 9.73. The van der Waals surface area contributed by atoms with Crippen LogP contribution >= 0.6 is 11.8 Å². The average Bonchev–Trinajstić information content (AvgIpc) is 2.11. The molecule has 1 atom stereocenters. The van der Waals surface area contributed by atoms with Crippen molar-refractivity contribution in [1.82, 2.24) is 4.90 Å². The zero-order valence-electron chi connectivity index (χ0n) is 8.91. The second kappa shape index (κ2) is 6.27. The third-order valence-electron chi connectivity index (χ3n) is 2.07. The fourth-order valence-electron chi connectivity index (χ4n) is 0.884. The molecule has 0 saturated heterocycles. The highest BCUT2D eigenvalue weighted by Gasteiger charge is 2.18. The van der Waals surface area contributed by atoms with E-state index in [1.807, 2.05) is 20.1 Å². The van der Waals surface area contributed by atoms with Crippen molar-refractivity contribution in [3.8, 4) is 0 Å². The van der Waals surface area contributed by atoms with Gasteiger partial charge in [-0.05, 0) is 32.3 Å². The van der Waals surface area contributed by atoms with E-state index in [0.717, 1.165) is 12.2 Å². The maximum atomic E-state index is 11.6. The number of nitrogens with zero attached hydrogens (tertiary/aromatic N) is 1. The normalized spacial score (nSPS) is 13.1. The zero-order chi connectivity index (χ0) is 10.4. The summed E-state index contributed by atoms with van der Waals surface area (Å²) in [4.78, 5) is 13.3. The van der Waals surface area contributed by atoms with Gasteiger partial charge in [0.1, 0.15) is 0 Å². The van der Waals surface area contributed by atoms with Crippen LogP contribution in [0.4, 0.5) is 0 Å². The molecular weight excluding hydrogens is 184 g/mol. The van der Waals surface area contributed by atoms with E-state index < -0.39 is 0 Å². The molecule has 0 aliphatic carbocycles. The number of thioether (sulfide) groups is 1. The molecule has 0 bridgehead atoms. The van der Waals surface area contributed by atoms with Crippen molar-refractivity contribution in [3.63, 3.8) is 0 Å². The van der Waals surface area contributed by atoms with E-state index >= 15 is 0 Å². The molecule has 0 aromatic carbocycles. The third kappa shape index (κ3) is 4.52. The summed E-state index contributed by atoms with van der Waals surface area (Å²) < 4.78 is 0. The Labute approximate surface area is 85.0 Å². The van der Waals surface area contributed by atoms with Gasteiger partial charge in [-0.3, -0.25) is 4.79 Å². The Hall–Kier alpha value is -0.220. The molecule has 2 N–H and O–H groups in total. The molecule has 13 heavy (non-hydrogen) atoms. The minimum atomic E-state index is -0.333. The lowest BCUT2D eigenvalue weighted by Gasteiger charge is -2.24. The molecule has 0 heterocycles. The molecule has 0 rings (SSSR count). The number of hydrogen-bond donors (Lipinski definition) is 1. The first-order chi connectivity index (χ1) is 6.00. The van der Waals surface area contributed by atoms with E-state index in [9.17, 15) is 4.79 Å². The maximum Gasteiger partial charge on any atom is 0.239 e. The van der Waals surface area contributed by atoms with Gasteiger partial charge >= 0.3 is 0 Å². The molecule has 0 radical (unpaired) electrons. The largest absolute Gasteiger partial charge is 0.342 e. The molecule has 3 nitrogen and oxygen atoms in total. The van der Waals surface area contributed by atoms with Gasteiger partial charge in [0.15, 0.2) is 0 Å². The molecule has 4 heteroatoms. The summed E-state index contributed by atoms with van der Waals surface area (Å²) in [5.41, 5.74) is 5.74. The van der Waals surface area contributed by atoms with Crippen molar-refractivity contribution >= 4 is 17.7 Å². The molecule has 0 aromatic rings. The quantitative estimate of drug-likeness (QED) is 0.725. The van der Waals surface area contributed by atoms with Gasteiger partial charge in [0.25, 0.3) is 0 Å². The topological polar surface area (TPSA) is 46.3 Å². The number of carbonyl (C=O) groups is 1. The van der Waals surface area contributed by atoms with Crippen LogP contribution in [0, 0.1) is 0 Å². The monoisotopic (exact) mass is 204 g/mol. The molecule has 0 unspecified atom stereocenters. The van der Waals surface area contributed by atoms with E-state index in [0.29, 0.717) is 0 Å². The lowest BCUT2D eigenvalue weighted by atomic mass is 10.2. The number of nitrogens with two attached hydrogens (primary N) is 1. The number of amides is 1.